The highest BCUT2D eigenvalue weighted by molar-refractivity contribution is 5.61. The molecule has 0 spiro atoms. The van der Waals surface area contributed by atoms with Crippen molar-refractivity contribution in [1.29, 1.82) is 0 Å². The Morgan fingerprint density at radius 1 is 1.47 bits per heavy atom. The number of benzene rings is 1. The van der Waals surface area contributed by atoms with Crippen molar-refractivity contribution in [2.45, 2.75) is 31.9 Å². The lowest BCUT2D eigenvalue weighted by molar-refractivity contribution is -0.384. The number of nitro benzene ring substituents is 1. The summed E-state index contributed by atoms with van der Waals surface area (Å²) < 4.78 is 5.45. The van der Waals surface area contributed by atoms with Gasteiger partial charge in [-0.25, -0.2) is 0 Å². The molecule has 2 atom stereocenters. The van der Waals surface area contributed by atoms with Crippen LogP contribution in [0.3, 0.4) is 0 Å². The highest BCUT2D eigenvalue weighted by atomic mass is 16.6. The van der Waals surface area contributed by atoms with Crippen molar-refractivity contribution in [2.75, 3.05) is 11.9 Å². The van der Waals surface area contributed by atoms with Crippen LogP contribution in [0.4, 0.5) is 11.4 Å². The monoisotopic (exact) mass is 236 g/mol. The number of nitro groups is 1. The van der Waals surface area contributed by atoms with Crippen LogP contribution in [0.5, 0.6) is 0 Å². The quantitative estimate of drug-likeness (QED) is 0.647. The van der Waals surface area contributed by atoms with E-state index in [2.05, 4.69) is 5.32 Å². The second-order valence-electron chi connectivity index (χ2n) is 4.32. The van der Waals surface area contributed by atoms with E-state index in [0.29, 0.717) is 12.3 Å². The summed E-state index contributed by atoms with van der Waals surface area (Å²) in [5.74, 6) is 0. The molecule has 5 heteroatoms. The van der Waals surface area contributed by atoms with Crippen LogP contribution in [0.15, 0.2) is 24.3 Å². The fourth-order valence-corrected chi connectivity index (χ4v) is 2.10. The molecule has 92 valence electrons. The van der Waals surface area contributed by atoms with Crippen molar-refractivity contribution >= 4 is 11.4 Å². The molecular formula is C12H16N2O3. The van der Waals surface area contributed by atoms with Crippen LogP contribution in [0, 0.1) is 10.1 Å². The number of para-hydroxylation sites is 2. The number of hydrogen-bond donors (Lipinski definition) is 1. The summed E-state index contributed by atoms with van der Waals surface area (Å²) in [6.07, 6.45) is 1.98. The smallest absolute Gasteiger partial charge is 0.292 e. The van der Waals surface area contributed by atoms with Crippen molar-refractivity contribution < 1.29 is 9.66 Å². The van der Waals surface area contributed by atoms with Crippen LogP contribution in [0.1, 0.15) is 19.8 Å². The molecule has 1 heterocycles. The fourth-order valence-electron chi connectivity index (χ4n) is 2.10. The third-order valence-electron chi connectivity index (χ3n) is 2.95. The predicted octanol–water partition coefficient (Wildman–Crippen LogP) is 2.57. The maximum absolute atomic E-state index is 10.9. The van der Waals surface area contributed by atoms with Crippen molar-refractivity contribution in [3.63, 3.8) is 0 Å². The number of rotatable bonds is 3. The molecule has 1 aliphatic rings. The molecule has 2 unspecified atom stereocenters. The number of ether oxygens (including phenoxy) is 1. The first-order valence-corrected chi connectivity index (χ1v) is 5.78. The molecule has 1 saturated heterocycles. The number of hydrogen-bond acceptors (Lipinski definition) is 4. The third kappa shape index (κ3) is 2.94. The van der Waals surface area contributed by atoms with Crippen LogP contribution in [0.25, 0.3) is 0 Å². The van der Waals surface area contributed by atoms with E-state index in [4.69, 9.17) is 4.74 Å². The molecule has 1 N–H and O–H groups in total. The van der Waals surface area contributed by atoms with E-state index in [1.54, 1.807) is 18.2 Å². The SMILES string of the molecule is CC1CC(Nc2ccccc2[N+](=O)[O-])CCO1. The molecule has 17 heavy (non-hydrogen) atoms. The maximum atomic E-state index is 10.9. The van der Waals surface area contributed by atoms with Gasteiger partial charge in [-0.3, -0.25) is 10.1 Å². The van der Waals surface area contributed by atoms with Crippen LogP contribution in [-0.2, 0) is 4.74 Å². The molecule has 0 radical (unpaired) electrons. The van der Waals surface area contributed by atoms with Crippen molar-refractivity contribution in [3.05, 3.63) is 34.4 Å². The molecule has 5 nitrogen and oxygen atoms in total. The summed E-state index contributed by atoms with van der Waals surface area (Å²) in [6.45, 7) is 2.73. The van der Waals surface area contributed by atoms with E-state index >= 15 is 0 Å². The normalized spacial score (nSPS) is 24.3. The predicted molar refractivity (Wildman–Crippen MR) is 65.2 cm³/mol. The molecule has 1 aromatic rings. The summed E-state index contributed by atoms with van der Waals surface area (Å²) in [4.78, 5) is 10.5. The lowest BCUT2D eigenvalue weighted by Crippen LogP contribution is -2.32. The van der Waals surface area contributed by atoms with Gasteiger partial charge in [-0.05, 0) is 25.8 Å². The van der Waals surface area contributed by atoms with Crippen LogP contribution in [0.2, 0.25) is 0 Å². The lowest BCUT2D eigenvalue weighted by atomic mass is 10.0. The van der Waals surface area contributed by atoms with E-state index in [-0.39, 0.29) is 22.8 Å². The molecular weight excluding hydrogens is 220 g/mol. The van der Waals surface area contributed by atoms with Gasteiger partial charge in [-0.1, -0.05) is 12.1 Å². The first kappa shape index (κ1) is 11.9. The van der Waals surface area contributed by atoms with Gasteiger partial charge in [0.15, 0.2) is 0 Å². The Morgan fingerprint density at radius 3 is 2.94 bits per heavy atom. The van der Waals surface area contributed by atoms with Gasteiger partial charge in [0.2, 0.25) is 0 Å². The zero-order valence-corrected chi connectivity index (χ0v) is 9.76. The number of anilines is 1. The molecule has 1 aromatic carbocycles. The van der Waals surface area contributed by atoms with Gasteiger partial charge in [0.25, 0.3) is 5.69 Å². The second kappa shape index (κ2) is 5.14. The fraction of sp³-hybridized carbons (Fsp3) is 0.500. The first-order valence-electron chi connectivity index (χ1n) is 5.78. The maximum Gasteiger partial charge on any atom is 0.292 e. The molecule has 0 aromatic heterocycles. The molecule has 1 fully saturated rings. The summed E-state index contributed by atoms with van der Waals surface area (Å²) in [5, 5.41) is 14.1. The second-order valence-corrected chi connectivity index (χ2v) is 4.32. The van der Waals surface area contributed by atoms with Gasteiger partial charge in [-0.2, -0.15) is 0 Å². The van der Waals surface area contributed by atoms with Crippen LogP contribution >= 0.6 is 0 Å². The van der Waals surface area contributed by atoms with Gasteiger partial charge >= 0.3 is 0 Å². The van der Waals surface area contributed by atoms with Crippen molar-refractivity contribution in [3.8, 4) is 0 Å². The lowest BCUT2D eigenvalue weighted by Gasteiger charge is -2.28. The first-order chi connectivity index (χ1) is 8.16. The standard InChI is InChI=1S/C12H16N2O3/c1-9-8-10(6-7-17-9)13-11-4-2-3-5-12(11)14(15)16/h2-5,9-10,13H,6-8H2,1H3. The number of nitrogens with one attached hydrogen (secondary N) is 1. The minimum absolute atomic E-state index is 0.131. The van der Waals surface area contributed by atoms with Gasteiger partial charge in [0.1, 0.15) is 5.69 Å². The largest absolute Gasteiger partial charge is 0.378 e. The Morgan fingerprint density at radius 2 is 2.24 bits per heavy atom. The van der Waals surface area contributed by atoms with Crippen molar-refractivity contribution in [2.24, 2.45) is 0 Å². The summed E-state index contributed by atoms with van der Waals surface area (Å²) in [5.41, 5.74) is 0.725. The topological polar surface area (TPSA) is 64.4 Å². The Bertz CT molecular complexity index is 408. The molecule has 0 amide bonds. The van der Waals surface area contributed by atoms with Crippen LogP contribution < -0.4 is 5.32 Å². The van der Waals surface area contributed by atoms with Crippen molar-refractivity contribution in [1.82, 2.24) is 0 Å². The van der Waals surface area contributed by atoms with E-state index in [9.17, 15) is 10.1 Å². The summed E-state index contributed by atoms with van der Waals surface area (Å²) in [7, 11) is 0. The summed E-state index contributed by atoms with van der Waals surface area (Å²) >= 11 is 0. The van der Waals surface area contributed by atoms with Crippen LogP contribution in [-0.4, -0.2) is 23.7 Å². The zero-order valence-electron chi connectivity index (χ0n) is 9.76. The molecule has 0 aliphatic carbocycles. The van der Waals surface area contributed by atoms with Gasteiger partial charge in [-0.15, -0.1) is 0 Å². The third-order valence-corrected chi connectivity index (χ3v) is 2.95. The Hall–Kier alpha value is -1.62. The van der Waals surface area contributed by atoms with Gasteiger partial charge in [0.05, 0.1) is 11.0 Å². The summed E-state index contributed by atoms with van der Waals surface area (Å²) in [6, 6.07) is 7.00. The molecule has 1 aliphatic heterocycles. The van der Waals surface area contributed by atoms with E-state index in [1.807, 2.05) is 6.92 Å². The molecule has 2 rings (SSSR count). The van der Waals surface area contributed by atoms with E-state index in [0.717, 1.165) is 12.8 Å². The zero-order chi connectivity index (χ0) is 12.3. The Balaban J connectivity index is 2.10. The Labute approximate surface area is 99.9 Å². The van der Waals surface area contributed by atoms with Gasteiger partial charge in [0, 0.05) is 18.7 Å². The minimum Gasteiger partial charge on any atom is -0.378 e. The van der Waals surface area contributed by atoms with E-state index < -0.39 is 0 Å². The molecule has 0 bridgehead atoms. The average molecular weight is 236 g/mol. The average Bonchev–Trinajstić information content (AvgIpc) is 2.29. The Kier molecular flexibility index (Phi) is 3.58. The van der Waals surface area contributed by atoms with E-state index in [1.165, 1.54) is 6.07 Å². The minimum atomic E-state index is -0.356. The number of nitrogens with zero attached hydrogens (tertiary/aromatic N) is 1. The highest BCUT2D eigenvalue weighted by Crippen LogP contribution is 2.26. The van der Waals surface area contributed by atoms with Gasteiger partial charge < -0.3 is 10.1 Å². The highest BCUT2D eigenvalue weighted by Gasteiger charge is 2.21. The molecule has 0 saturated carbocycles.